The van der Waals surface area contributed by atoms with Gasteiger partial charge in [-0.15, -0.1) is 0 Å². The number of ether oxygens (including phenoxy) is 1. The van der Waals surface area contributed by atoms with Crippen molar-refractivity contribution in [3.63, 3.8) is 0 Å². The molecule has 1 aliphatic heterocycles. The van der Waals surface area contributed by atoms with Crippen LogP contribution in [0.4, 0.5) is 4.39 Å². The Hall–Kier alpha value is -0.930. The molecule has 3 atom stereocenters. The Morgan fingerprint density at radius 3 is 2.81 bits per heavy atom. The fourth-order valence-electron chi connectivity index (χ4n) is 2.17. The van der Waals surface area contributed by atoms with Crippen LogP contribution in [-0.4, -0.2) is 30.6 Å². The fraction of sp³-hybridized carbons (Fsp3) is 0.538. The molecule has 0 aromatic heterocycles. The van der Waals surface area contributed by atoms with Gasteiger partial charge in [-0.05, 0) is 38.6 Å². The number of nitrogens with zero attached hydrogens (tertiary/aromatic N) is 1. The SMILES string of the molecule is CC1C(c2cccc(F)c2)OC[C@H](C)N1C. The summed E-state index contributed by atoms with van der Waals surface area (Å²) < 4.78 is 19.0. The largest absolute Gasteiger partial charge is 0.370 e. The highest BCUT2D eigenvalue weighted by atomic mass is 19.1. The third kappa shape index (κ3) is 2.11. The van der Waals surface area contributed by atoms with Gasteiger partial charge in [-0.25, -0.2) is 4.39 Å². The molecule has 0 saturated carbocycles. The van der Waals surface area contributed by atoms with E-state index in [0.29, 0.717) is 12.6 Å². The van der Waals surface area contributed by atoms with E-state index in [0.717, 1.165) is 5.56 Å². The van der Waals surface area contributed by atoms with Gasteiger partial charge >= 0.3 is 0 Å². The van der Waals surface area contributed by atoms with Gasteiger partial charge in [0.1, 0.15) is 5.82 Å². The van der Waals surface area contributed by atoms with Crippen LogP contribution in [0.5, 0.6) is 0 Å². The van der Waals surface area contributed by atoms with E-state index in [4.69, 9.17) is 4.74 Å². The van der Waals surface area contributed by atoms with Crippen LogP contribution in [0.2, 0.25) is 0 Å². The predicted molar refractivity (Wildman–Crippen MR) is 61.8 cm³/mol. The first-order valence-corrected chi connectivity index (χ1v) is 5.68. The lowest BCUT2D eigenvalue weighted by Gasteiger charge is -2.41. The zero-order chi connectivity index (χ0) is 11.7. The Kier molecular flexibility index (Phi) is 3.26. The topological polar surface area (TPSA) is 12.5 Å². The second kappa shape index (κ2) is 4.52. The van der Waals surface area contributed by atoms with Gasteiger partial charge in [0.15, 0.2) is 0 Å². The Balaban J connectivity index is 2.21. The van der Waals surface area contributed by atoms with Gasteiger partial charge < -0.3 is 4.74 Å². The van der Waals surface area contributed by atoms with Crippen molar-refractivity contribution < 1.29 is 9.13 Å². The Bertz CT molecular complexity index is 369. The van der Waals surface area contributed by atoms with Crippen molar-refractivity contribution in [3.8, 4) is 0 Å². The molecule has 0 bridgehead atoms. The summed E-state index contributed by atoms with van der Waals surface area (Å²) in [4.78, 5) is 2.28. The summed E-state index contributed by atoms with van der Waals surface area (Å²) in [5.74, 6) is -0.199. The molecule has 0 radical (unpaired) electrons. The van der Waals surface area contributed by atoms with E-state index in [-0.39, 0.29) is 18.0 Å². The second-order valence-corrected chi connectivity index (χ2v) is 4.56. The van der Waals surface area contributed by atoms with Gasteiger partial charge in [-0.1, -0.05) is 12.1 Å². The van der Waals surface area contributed by atoms with E-state index in [1.807, 2.05) is 6.07 Å². The number of morpholine rings is 1. The highest BCUT2D eigenvalue weighted by molar-refractivity contribution is 5.20. The van der Waals surface area contributed by atoms with E-state index in [1.165, 1.54) is 6.07 Å². The van der Waals surface area contributed by atoms with Crippen molar-refractivity contribution >= 4 is 0 Å². The maximum atomic E-state index is 13.2. The Labute approximate surface area is 96.0 Å². The van der Waals surface area contributed by atoms with Gasteiger partial charge in [-0.3, -0.25) is 4.90 Å². The van der Waals surface area contributed by atoms with Crippen LogP contribution in [0.3, 0.4) is 0 Å². The number of rotatable bonds is 1. The van der Waals surface area contributed by atoms with Crippen LogP contribution in [-0.2, 0) is 4.74 Å². The highest BCUT2D eigenvalue weighted by Gasteiger charge is 2.31. The van der Waals surface area contributed by atoms with Gasteiger partial charge in [0.05, 0.1) is 12.7 Å². The van der Waals surface area contributed by atoms with Crippen LogP contribution in [0.1, 0.15) is 25.5 Å². The average molecular weight is 223 g/mol. The molecule has 1 aromatic carbocycles. The lowest BCUT2D eigenvalue weighted by molar-refractivity contribution is -0.0853. The molecule has 88 valence electrons. The monoisotopic (exact) mass is 223 g/mol. The summed E-state index contributed by atoms with van der Waals surface area (Å²) in [6.45, 7) is 4.95. The number of hydrogen-bond donors (Lipinski definition) is 0. The molecule has 1 heterocycles. The third-order valence-corrected chi connectivity index (χ3v) is 3.47. The number of hydrogen-bond acceptors (Lipinski definition) is 2. The maximum Gasteiger partial charge on any atom is 0.123 e. The van der Waals surface area contributed by atoms with Crippen LogP contribution >= 0.6 is 0 Å². The summed E-state index contributed by atoms with van der Waals surface area (Å²) >= 11 is 0. The average Bonchev–Trinajstić information content (AvgIpc) is 2.26. The van der Waals surface area contributed by atoms with E-state index >= 15 is 0 Å². The molecule has 0 aliphatic carbocycles. The number of likely N-dealkylation sites (N-methyl/N-ethyl adjacent to an activating group) is 1. The lowest BCUT2D eigenvalue weighted by atomic mass is 9.99. The van der Waals surface area contributed by atoms with Crippen LogP contribution in [0, 0.1) is 5.82 Å². The summed E-state index contributed by atoms with van der Waals surface area (Å²) in [6.07, 6.45) is -0.0306. The normalized spacial score (nSPS) is 31.6. The number of benzene rings is 1. The Morgan fingerprint density at radius 2 is 2.12 bits per heavy atom. The van der Waals surface area contributed by atoms with E-state index in [9.17, 15) is 4.39 Å². The standard InChI is InChI=1S/C13H18FNO/c1-9-8-16-13(10(2)15(9)3)11-5-4-6-12(14)7-11/h4-7,9-10,13H,8H2,1-3H3/t9-,10?,13?/m0/s1. The molecule has 1 fully saturated rings. The molecular formula is C13H18FNO. The fourth-order valence-corrected chi connectivity index (χ4v) is 2.17. The minimum Gasteiger partial charge on any atom is -0.370 e. The molecular weight excluding hydrogens is 205 g/mol. The molecule has 1 saturated heterocycles. The molecule has 0 amide bonds. The van der Waals surface area contributed by atoms with Crippen molar-refractivity contribution in [2.75, 3.05) is 13.7 Å². The lowest BCUT2D eigenvalue weighted by Crippen LogP contribution is -2.48. The van der Waals surface area contributed by atoms with Crippen molar-refractivity contribution in [1.29, 1.82) is 0 Å². The second-order valence-electron chi connectivity index (χ2n) is 4.56. The summed E-state index contributed by atoms with van der Waals surface area (Å²) in [5, 5.41) is 0. The third-order valence-electron chi connectivity index (χ3n) is 3.47. The Morgan fingerprint density at radius 1 is 1.38 bits per heavy atom. The molecule has 3 heteroatoms. The van der Waals surface area contributed by atoms with Gasteiger partial charge in [0.2, 0.25) is 0 Å². The predicted octanol–water partition coefficient (Wildman–Crippen LogP) is 2.61. The van der Waals surface area contributed by atoms with Crippen molar-refractivity contribution in [1.82, 2.24) is 4.90 Å². The highest BCUT2D eigenvalue weighted by Crippen LogP contribution is 2.29. The minimum absolute atomic E-state index is 0.0306. The first-order valence-electron chi connectivity index (χ1n) is 5.68. The number of halogens is 1. The van der Waals surface area contributed by atoms with Gasteiger partial charge in [-0.2, -0.15) is 0 Å². The smallest absolute Gasteiger partial charge is 0.123 e. The van der Waals surface area contributed by atoms with Crippen LogP contribution in [0.25, 0.3) is 0 Å². The maximum absolute atomic E-state index is 13.2. The summed E-state index contributed by atoms with van der Waals surface area (Å²) in [5.41, 5.74) is 0.922. The molecule has 2 unspecified atom stereocenters. The first kappa shape index (κ1) is 11.6. The van der Waals surface area contributed by atoms with Gasteiger partial charge in [0.25, 0.3) is 0 Å². The molecule has 1 aliphatic rings. The van der Waals surface area contributed by atoms with E-state index in [1.54, 1.807) is 12.1 Å². The zero-order valence-electron chi connectivity index (χ0n) is 9.98. The molecule has 16 heavy (non-hydrogen) atoms. The quantitative estimate of drug-likeness (QED) is 0.725. The van der Waals surface area contributed by atoms with Crippen LogP contribution in [0.15, 0.2) is 24.3 Å². The van der Waals surface area contributed by atoms with E-state index < -0.39 is 0 Å². The van der Waals surface area contributed by atoms with Crippen molar-refractivity contribution in [3.05, 3.63) is 35.6 Å². The zero-order valence-corrected chi connectivity index (χ0v) is 9.98. The minimum atomic E-state index is -0.199. The summed E-state index contributed by atoms with van der Waals surface area (Å²) in [7, 11) is 2.09. The van der Waals surface area contributed by atoms with Gasteiger partial charge in [0, 0.05) is 12.1 Å². The summed E-state index contributed by atoms with van der Waals surface area (Å²) in [6, 6.07) is 7.37. The van der Waals surface area contributed by atoms with Crippen molar-refractivity contribution in [2.24, 2.45) is 0 Å². The molecule has 0 spiro atoms. The van der Waals surface area contributed by atoms with Crippen molar-refractivity contribution in [2.45, 2.75) is 32.0 Å². The molecule has 2 rings (SSSR count). The van der Waals surface area contributed by atoms with E-state index in [2.05, 4.69) is 25.8 Å². The molecule has 1 aromatic rings. The molecule has 0 N–H and O–H groups in total. The first-order chi connectivity index (χ1) is 7.59. The molecule has 2 nitrogen and oxygen atoms in total. The van der Waals surface area contributed by atoms with Crippen LogP contribution < -0.4 is 0 Å².